The number of nitrogens with two attached hydrogens (primary N) is 1. The van der Waals surface area contributed by atoms with Crippen LogP contribution in [0.3, 0.4) is 0 Å². The monoisotopic (exact) mass is 250 g/mol. The maximum Gasteiger partial charge on any atom is 0.123 e. The summed E-state index contributed by atoms with van der Waals surface area (Å²) in [7, 11) is 0. The largest absolute Gasteiger partial charge is 0.489 e. The van der Waals surface area contributed by atoms with Gasteiger partial charge in [0.05, 0.1) is 0 Å². The summed E-state index contributed by atoms with van der Waals surface area (Å²) in [6, 6.07) is 18.0. The number of pyridine rings is 1. The molecule has 0 saturated carbocycles. The van der Waals surface area contributed by atoms with Crippen LogP contribution >= 0.6 is 0 Å². The fourth-order valence-electron chi connectivity index (χ4n) is 2.01. The number of fused-ring (bicyclic) bond motifs is 1. The molecule has 19 heavy (non-hydrogen) atoms. The first kappa shape index (κ1) is 11.5. The lowest BCUT2D eigenvalue weighted by molar-refractivity contribution is 0.306. The van der Waals surface area contributed by atoms with Crippen LogP contribution in [0.2, 0.25) is 0 Å². The van der Waals surface area contributed by atoms with Crippen molar-refractivity contribution in [3.63, 3.8) is 0 Å². The van der Waals surface area contributed by atoms with Gasteiger partial charge in [-0.25, -0.2) is 4.98 Å². The zero-order valence-corrected chi connectivity index (χ0v) is 10.4. The minimum atomic E-state index is 0.491. The number of nitrogen functional groups attached to an aromatic ring is 1. The normalized spacial score (nSPS) is 10.5. The standard InChI is InChI=1S/C16H14N2O/c17-16-9-12(7-8-18-16)11-19-15-6-5-13-3-1-2-4-14(13)10-15/h1-10H,11H2,(H2,17,18). The number of ether oxygens (including phenoxy) is 1. The molecule has 0 aliphatic rings. The van der Waals surface area contributed by atoms with Crippen molar-refractivity contribution in [2.75, 3.05) is 5.73 Å². The van der Waals surface area contributed by atoms with E-state index in [1.54, 1.807) is 6.20 Å². The van der Waals surface area contributed by atoms with E-state index in [4.69, 9.17) is 10.5 Å². The topological polar surface area (TPSA) is 48.1 Å². The fraction of sp³-hybridized carbons (Fsp3) is 0.0625. The lowest BCUT2D eigenvalue weighted by Gasteiger charge is -2.07. The first-order chi connectivity index (χ1) is 9.31. The molecule has 3 rings (SSSR count). The van der Waals surface area contributed by atoms with E-state index in [9.17, 15) is 0 Å². The van der Waals surface area contributed by atoms with E-state index >= 15 is 0 Å². The van der Waals surface area contributed by atoms with Crippen molar-refractivity contribution in [2.45, 2.75) is 6.61 Å². The Hall–Kier alpha value is -2.55. The van der Waals surface area contributed by atoms with Gasteiger partial charge in [0.25, 0.3) is 0 Å². The molecule has 94 valence electrons. The Morgan fingerprint density at radius 3 is 2.63 bits per heavy atom. The lowest BCUT2D eigenvalue weighted by atomic mass is 10.1. The summed E-state index contributed by atoms with van der Waals surface area (Å²) >= 11 is 0. The number of rotatable bonds is 3. The molecule has 0 spiro atoms. The molecule has 2 N–H and O–H groups in total. The van der Waals surface area contributed by atoms with Crippen LogP contribution in [-0.4, -0.2) is 4.98 Å². The highest BCUT2D eigenvalue weighted by molar-refractivity contribution is 5.83. The third-order valence-electron chi connectivity index (χ3n) is 2.97. The first-order valence-electron chi connectivity index (χ1n) is 6.13. The second kappa shape index (κ2) is 4.98. The smallest absolute Gasteiger partial charge is 0.123 e. The summed E-state index contributed by atoms with van der Waals surface area (Å²) in [5.74, 6) is 1.37. The van der Waals surface area contributed by atoms with E-state index < -0.39 is 0 Å². The van der Waals surface area contributed by atoms with Gasteiger partial charge in [-0.3, -0.25) is 0 Å². The summed E-state index contributed by atoms with van der Waals surface area (Å²) in [4.78, 5) is 3.96. The minimum Gasteiger partial charge on any atom is -0.489 e. The number of anilines is 1. The molecular weight excluding hydrogens is 236 g/mol. The molecule has 0 saturated heterocycles. The second-order valence-electron chi connectivity index (χ2n) is 4.39. The summed E-state index contributed by atoms with van der Waals surface area (Å²) < 4.78 is 5.77. The van der Waals surface area contributed by atoms with E-state index in [-0.39, 0.29) is 0 Å². The summed E-state index contributed by atoms with van der Waals surface area (Å²) in [5.41, 5.74) is 6.65. The molecule has 3 nitrogen and oxygen atoms in total. The third kappa shape index (κ3) is 2.65. The van der Waals surface area contributed by atoms with Crippen molar-refractivity contribution >= 4 is 16.6 Å². The van der Waals surface area contributed by atoms with Crippen LogP contribution in [0.5, 0.6) is 5.75 Å². The Balaban J connectivity index is 1.78. The third-order valence-corrected chi connectivity index (χ3v) is 2.97. The van der Waals surface area contributed by atoms with Crippen LogP contribution in [0, 0.1) is 0 Å². The first-order valence-corrected chi connectivity index (χ1v) is 6.13. The molecule has 0 aliphatic heterocycles. The van der Waals surface area contributed by atoms with Crippen LogP contribution < -0.4 is 10.5 Å². The summed E-state index contributed by atoms with van der Waals surface area (Å²) in [6.45, 7) is 0.491. The fourth-order valence-corrected chi connectivity index (χ4v) is 2.01. The predicted molar refractivity (Wildman–Crippen MR) is 76.9 cm³/mol. The Bertz CT molecular complexity index is 710. The highest BCUT2D eigenvalue weighted by Gasteiger charge is 1.99. The van der Waals surface area contributed by atoms with Crippen LogP contribution in [0.15, 0.2) is 60.8 Å². The quantitative estimate of drug-likeness (QED) is 0.775. The van der Waals surface area contributed by atoms with Crippen LogP contribution in [0.1, 0.15) is 5.56 Å². The molecule has 0 fully saturated rings. The van der Waals surface area contributed by atoms with Crippen LogP contribution in [0.25, 0.3) is 10.8 Å². The van der Waals surface area contributed by atoms with Gasteiger partial charge in [-0.2, -0.15) is 0 Å². The maximum absolute atomic E-state index is 5.77. The van der Waals surface area contributed by atoms with Gasteiger partial charge in [-0.15, -0.1) is 0 Å². The molecule has 1 aromatic heterocycles. The molecule has 0 bridgehead atoms. The zero-order chi connectivity index (χ0) is 13.1. The van der Waals surface area contributed by atoms with Crippen LogP contribution in [-0.2, 0) is 6.61 Å². The lowest BCUT2D eigenvalue weighted by Crippen LogP contribution is -1.97. The average Bonchev–Trinajstić information content (AvgIpc) is 2.45. The molecule has 1 heterocycles. The SMILES string of the molecule is Nc1cc(COc2ccc3ccccc3c2)ccn1. The number of hydrogen-bond acceptors (Lipinski definition) is 3. The van der Waals surface area contributed by atoms with Gasteiger partial charge >= 0.3 is 0 Å². The zero-order valence-electron chi connectivity index (χ0n) is 10.4. The van der Waals surface area contributed by atoms with E-state index in [0.717, 1.165) is 11.3 Å². The van der Waals surface area contributed by atoms with Crippen molar-refractivity contribution < 1.29 is 4.74 Å². The number of nitrogens with zero attached hydrogens (tertiary/aromatic N) is 1. The van der Waals surface area contributed by atoms with Crippen LogP contribution in [0.4, 0.5) is 5.82 Å². The molecule has 0 atom stereocenters. The highest BCUT2D eigenvalue weighted by atomic mass is 16.5. The van der Waals surface area contributed by atoms with E-state index in [2.05, 4.69) is 23.2 Å². The van der Waals surface area contributed by atoms with Crippen molar-refractivity contribution in [3.05, 3.63) is 66.4 Å². The van der Waals surface area contributed by atoms with Gasteiger partial charge in [0, 0.05) is 6.20 Å². The Labute approximate surface area is 111 Å². The summed E-state index contributed by atoms with van der Waals surface area (Å²) in [6.07, 6.45) is 1.69. The van der Waals surface area contributed by atoms with Crippen molar-refractivity contribution in [1.29, 1.82) is 0 Å². The molecule has 0 amide bonds. The minimum absolute atomic E-state index is 0.491. The van der Waals surface area contributed by atoms with E-state index in [1.807, 2.05) is 36.4 Å². The summed E-state index contributed by atoms with van der Waals surface area (Å²) in [5, 5.41) is 2.39. The molecule has 0 radical (unpaired) electrons. The molecular formula is C16H14N2O. The van der Waals surface area contributed by atoms with Crippen molar-refractivity contribution in [2.24, 2.45) is 0 Å². The number of aromatic nitrogens is 1. The van der Waals surface area contributed by atoms with Crippen molar-refractivity contribution in [3.8, 4) is 5.75 Å². The van der Waals surface area contributed by atoms with Gasteiger partial charge in [-0.05, 0) is 40.6 Å². The Kier molecular flexibility index (Phi) is 3.02. The average molecular weight is 250 g/mol. The number of hydrogen-bond donors (Lipinski definition) is 1. The van der Waals surface area contributed by atoms with Gasteiger partial charge in [0.15, 0.2) is 0 Å². The Morgan fingerprint density at radius 2 is 1.79 bits per heavy atom. The molecule has 0 unspecified atom stereocenters. The molecule has 3 heteroatoms. The Morgan fingerprint density at radius 1 is 0.947 bits per heavy atom. The molecule has 3 aromatic rings. The maximum atomic E-state index is 5.77. The molecule has 2 aromatic carbocycles. The van der Waals surface area contributed by atoms with E-state index in [1.165, 1.54) is 10.8 Å². The predicted octanol–water partition coefficient (Wildman–Crippen LogP) is 3.40. The molecule has 0 aliphatic carbocycles. The highest BCUT2D eigenvalue weighted by Crippen LogP contribution is 2.21. The van der Waals surface area contributed by atoms with Crippen molar-refractivity contribution in [1.82, 2.24) is 4.98 Å². The van der Waals surface area contributed by atoms with Gasteiger partial charge in [-0.1, -0.05) is 30.3 Å². The van der Waals surface area contributed by atoms with E-state index in [0.29, 0.717) is 12.4 Å². The van der Waals surface area contributed by atoms with Gasteiger partial charge < -0.3 is 10.5 Å². The second-order valence-corrected chi connectivity index (χ2v) is 4.39. The van der Waals surface area contributed by atoms with Gasteiger partial charge in [0.2, 0.25) is 0 Å². The van der Waals surface area contributed by atoms with Gasteiger partial charge in [0.1, 0.15) is 18.2 Å². The number of benzene rings is 2.